The molecule has 2 amide bonds. The zero-order valence-corrected chi connectivity index (χ0v) is 13.8. The number of ether oxygens (including phenoxy) is 1. The van der Waals surface area contributed by atoms with Gasteiger partial charge in [0, 0.05) is 24.2 Å². The molecule has 0 aliphatic carbocycles. The second kappa shape index (κ2) is 7.75. The van der Waals surface area contributed by atoms with Gasteiger partial charge in [-0.3, -0.25) is 14.7 Å². The number of ketones is 1. The molecule has 0 aliphatic rings. The van der Waals surface area contributed by atoms with Crippen molar-refractivity contribution in [2.24, 2.45) is 5.73 Å². The number of H-pyrrole nitrogens is 1. The number of nitrogens with one attached hydrogen (secondary N) is 2. The van der Waals surface area contributed by atoms with Gasteiger partial charge in [-0.25, -0.2) is 9.18 Å². The molecule has 0 fully saturated rings. The van der Waals surface area contributed by atoms with Crippen LogP contribution >= 0.6 is 11.6 Å². The largest absolute Gasteiger partial charge is 0.439 e. The van der Waals surface area contributed by atoms with Crippen LogP contribution in [0.3, 0.4) is 0 Å². The Morgan fingerprint density at radius 2 is 2.12 bits per heavy atom. The average Bonchev–Trinajstić information content (AvgIpc) is 3.03. The molecule has 10 heteroatoms. The lowest BCUT2D eigenvalue weighted by Crippen LogP contribution is -2.29. The highest BCUT2D eigenvalue weighted by atomic mass is 35.5. The van der Waals surface area contributed by atoms with Gasteiger partial charge in [0.05, 0.1) is 10.6 Å². The predicted octanol–water partition coefficient (Wildman–Crippen LogP) is 2.05. The van der Waals surface area contributed by atoms with E-state index >= 15 is 0 Å². The van der Waals surface area contributed by atoms with Crippen molar-refractivity contribution in [3.05, 3.63) is 46.4 Å². The minimum absolute atomic E-state index is 0.0410. The molecule has 0 spiro atoms. The number of nitrogens with zero attached hydrogens (tertiary/aromatic N) is 1. The lowest BCUT2D eigenvalue weighted by Gasteiger charge is -2.14. The van der Waals surface area contributed by atoms with Gasteiger partial charge in [0.15, 0.2) is 17.7 Å². The van der Waals surface area contributed by atoms with Crippen molar-refractivity contribution in [3.63, 3.8) is 0 Å². The molecule has 0 radical (unpaired) electrons. The minimum atomic E-state index is -1.20. The van der Waals surface area contributed by atoms with Gasteiger partial charge in [-0.1, -0.05) is 11.6 Å². The van der Waals surface area contributed by atoms with E-state index in [4.69, 9.17) is 17.3 Å². The quantitative estimate of drug-likeness (QED) is 0.719. The van der Waals surface area contributed by atoms with Crippen LogP contribution in [0.25, 0.3) is 0 Å². The number of aromatic nitrogens is 2. The smallest absolute Gasteiger partial charge is 0.405 e. The van der Waals surface area contributed by atoms with E-state index < -0.39 is 36.1 Å². The molecule has 0 saturated heterocycles. The highest BCUT2D eigenvalue weighted by Crippen LogP contribution is 2.25. The molecule has 8 nitrogen and oxygen atoms in total. The first kappa shape index (κ1) is 18.4. The number of Topliss-reactive ketones (excluding diaryl/α,β-unsaturated/α-hetero) is 1. The highest BCUT2D eigenvalue weighted by molar-refractivity contribution is 6.34. The summed E-state index contributed by atoms with van der Waals surface area (Å²) in [5.41, 5.74) is 4.43. The third kappa shape index (κ3) is 4.54. The van der Waals surface area contributed by atoms with Crippen LogP contribution in [-0.2, 0) is 16.0 Å². The summed E-state index contributed by atoms with van der Waals surface area (Å²) in [6.07, 6.45) is -1.36. The number of amides is 2. The number of rotatable bonds is 6. The fraction of sp³-hybridized carbons (Fsp3) is 0.200. The summed E-state index contributed by atoms with van der Waals surface area (Å²) in [6.45, 7) is 1.29. The molecule has 1 aromatic carbocycles. The van der Waals surface area contributed by atoms with E-state index in [1.165, 1.54) is 25.3 Å². The molecular weight excluding hydrogens is 355 g/mol. The number of nitrogens with two attached hydrogens (primary N) is 1. The molecule has 4 N–H and O–H groups in total. The fourth-order valence-electron chi connectivity index (χ4n) is 2.08. The maximum absolute atomic E-state index is 14.2. The Bertz CT molecular complexity index is 810. The third-order valence-corrected chi connectivity index (χ3v) is 3.59. The molecule has 1 heterocycles. The second-order valence-electron chi connectivity index (χ2n) is 5.02. The topological polar surface area (TPSA) is 127 Å². The van der Waals surface area contributed by atoms with Crippen LogP contribution in [0.4, 0.5) is 15.0 Å². The number of carbonyl (C=O) groups excluding carboxylic acids is 3. The summed E-state index contributed by atoms with van der Waals surface area (Å²) in [5, 5.41) is 8.65. The van der Waals surface area contributed by atoms with Crippen LogP contribution in [-0.4, -0.2) is 34.1 Å². The van der Waals surface area contributed by atoms with Crippen molar-refractivity contribution < 1.29 is 23.5 Å². The fourth-order valence-corrected chi connectivity index (χ4v) is 2.34. The Hall–Kier alpha value is -2.94. The number of aromatic amines is 1. The summed E-state index contributed by atoms with van der Waals surface area (Å²) < 4.78 is 18.8. The molecule has 132 valence electrons. The summed E-state index contributed by atoms with van der Waals surface area (Å²) in [5.74, 6) is -1.97. The van der Waals surface area contributed by atoms with Gasteiger partial charge in [-0.2, -0.15) is 5.10 Å². The Balaban J connectivity index is 2.31. The molecule has 25 heavy (non-hydrogen) atoms. The van der Waals surface area contributed by atoms with Crippen molar-refractivity contribution in [3.8, 4) is 0 Å². The molecule has 1 aromatic heterocycles. The van der Waals surface area contributed by atoms with Gasteiger partial charge >= 0.3 is 6.09 Å². The first-order chi connectivity index (χ1) is 11.8. The zero-order chi connectivity index (χ0) is 18.6. The van der Waals surface area contributed by atoms with Crippen LogP contribution in [0.5, 0.6) is 0 Å². The van der Waals surface area contributed by atoms with E-state index in [1.54, 1.807) is 0 Å². The molecular formula is C15H14ClFN4O4. The molecule has 0 saturated carbocycles. The van der Waals surface area contributed by atoms with E-state index in [1.807, 2.05) is 0 Å². The standard InChI is InChI=1S/C15H14ClFN4O4/c1-7(25-15(18)24)11(22)6-8-10(17)3-2-9(16)13(8)14(23)20-12-4-5-19-21-12/h2-5,7H,6H2,1H3,(H2,18,24)(H2,19,20,21,23). The van der Waals surface area contributed by atoms with Crippen LogP contribution in [0, 0.1) is 5.82 Å². The number of carbonyl (C=O) groups is 3. The van der Waals surface area contributed by atoms with Crippen LogP contribution in [0.2, 0.25) is 5.02 Å². The molecule has 2 rings (SSSR count). The predicted molar refractivity (Wildman–Crippen MR) is 86.8 cm³/mol. The Labute approximate surface area is 146 Å². The van der Waals surface area contributed by atoms with Gasteiger partial charge in [0.2, 0.25) is 0 Å². The summed E-state index contributed by atoms with van der Waals surface area (Å²) >= 11 is 6.01. The van der Waals surface area contributed by atoms with E-state index in [9.17, 15) is 18.8 Å². The number of benzene rings is 1. The number of primary amides is 1. The molecule has 2 aromatic rings. The minimum Gasteiger partial charge on any atom is -0.439 e. The van der Waals surface area contributed by atoms with Crippen LogP contribution in [0.15, 0.2) is 24.4 Å². The van der Waals surface area contributed by atoms with Gasteiger partial charge in [0.1, 0.15) is 5.82 Å². The van der Waals surface area contributed by atoms with Crippen molar-refractivity contribution >= 4 is 35.2 Å². The lowest BCUT2D eigenvalue weighted by molar-refractivity contribution is -0.125. The Morgan fingerprint density at radius 3 is 2.72 bits per heavy atom. The average molecular weight is 369 g/mol. The van der Waals surface area contributed by atoms with E-state index in [2.05, 4.69) is 20.3 Å². The zero-order valence-electron chi connectivity index (χ0n) is 13.0. The first-order valence-electron chi connectivity index (χ1n) is 7.06. The van der Waals surface area contributed by atoms with Gasteiger partial charge in [-0.15, -0.1) is 0 Å². The monoisotopic (exact) mass is 368 g/mol. The number of hydrogen-bond donors (Lipinski definition) is 3. The van der Waals surface area contributed by atoms with Gasteiger partial charge < -0.3 is 15.8 Å². The summed E-state index contributed by atoms with van der Waals surface area (Å²) in [7, 11) is 0. The molecule has 1 atom stereocenters. The third-order valence-electron chi connectivity index (χ3n) is 3.27. The SMILES string of the molecule is CC(OC(N)=O)C(=O)Cc1c(F)ccc(Cl)c1C(=O)Nc1cc[nH]n1. The summed E-state index contributed by atoms with van der Waals surface area (Å²) in [6, 6.07) is 3.72. The van der Waals surface area contributed by atoms with E-state index in [-0.39, 0.29) is 22.0 Å². The number of halogens is 2. The number of hydrogen-bond acceptors (Lipinski definition) is 5. The molecule has 0 bridgehead atoms. The van der Waals surface area contributed by atoms with Crippen molar-refractivity contribution in [2.45, 2.75) is 19.4 Å². The lowest BCUT2D eigenvalue weighted by atomic mass is 9.99. The van der Waals surface area contributed by atoms with Crippen LogP contribution in [0.1, 0.15) is 22.8 Å². The van der Waals surface area contributed by atoms with Crippen molar-refractivity contribution in [1.82, 2.24) is 10.2 Å². The highest BCUT2D eigenvalue weighted by Gasteiger charge is 2.25. The maximum Gasteiger partial charge on any atom is 0.405 e. The van der Waals surface area contributed by atoms with Gasteiger partial charge in [0.25, 0.3) is 5.91 Å². The van der Waals surface area contributed by atoms with Crippen LogP contribution < -0.4 is 11.1 Å². The Kier molecular flexibility index (Phi) is 5.71. The molecule has 0 aliphatic heterocycles. The first-order valence-corrected chi connectivity index (χ1v) is 7.44. The second-order valence-corrected chi connectivity index (χ2v) is 5.43. The van der Waals surface area contributed by atoms with Crippen molar-refractivity contribution in [1.29, 1.82) is 0 Å². The molecule has 1 unspecified atom stereocenters. The number of anilines is 1. The van der Waals surface area contributed by atoms with Gasteiger partial charge in [-0.05, 0) is 19.1 Å². The van der Waals surface area contributed by atoms with Crippen molar-refractivity contribution in [2.75, 3.05) is 5.32 Å². The normalized spacial score (nSPS) is 11.6. The van der Waals surface area contributed by atoms with E-state index in [0.717, 1.165) is 6.07 Å². The van der Waals surface area contributed by atoms with E-state index in [0.29, 0.717) is 0 Å². The summed E-state index contributed by atoms with van der Waals surface area (Å²) in [4.78, 5) is 35.2. The Morgan fingerprint density at radius 1 is 1.40 bits per heavy atom. The maximum atomic E-state index is 14.2.